The number of rotatable bonds is 5. The second kappa shape index (κ2) is 10.7. The van der Waals surface area contributed by atoms with Gasteiger partial charge in [0.05, 0.1) is 5.56 Å². The highest BCUT2D eigenvalue weighted by atomic mass is 127. The van der Waals surface area contributed by atoms with Gasteiger partial charge in [-0.25, -0.2) is 0 Å². The minimum absolute atomic E-state index is 0.0137. The van der Waals surface area contributed by atoms with Crippen LogP contribution in [0.3, 0.4) is 0 Å². The molecule has 0 aliphatic carbocycles. The molecule has 0 saturated heterocycles. The van der Waals surface area contributed by atoms with Crippen LogP contribution in [0.5, 0.6) is 5.75 Å². The standard InChI is InChI=1S/C22H18IN3O3S/c23-19-9-5-4-8-18(19)21(28)24-22(30)26-25-20(27)14-29-17-12-10-16(11-13-17)15-6-2-1-3-7-15/h1-13H,14H2,(H,25,27)(H2,24,26,28,30). The number of benzene rings is 3. The summed E-state index contributed by atoms with van der Waals surface area (Å²) >= 11 is 7.09. The largest absolute Gasteiger partial charge is 0.484 e. The third-order valence-corrected chi connectivity index (χ3v) is 5.14. The van der Waals surface area contributed by atoms with E-state index in [1.165, 1.54) is 0 Å². The maximum absolute atomic E-state index is 12.2. The molecule has 0 atom stereocenters. The molecule has 6 nitrogen and oxygen atoms in total. The van der Waals surface area contributed by atoms with Crippen LogP contribution in [0, 0.1) is 3.57 Å². The molecule has 3 rings (SSSR count). The van der Waals surface area contributed by atoms with E-state index in [0.29, 0.717) is 11.3 Å². The van der Waals surface area contributed by atoms with Crippen molar-refractivity contribution in [3.05, 3.63) is 88.0 Å². The van der Waals surface area contributed by atoms with E-state index in [-0.39, 0.29) is 17.6 Å². The minimum atomic E-state index is -0.437. The van der Waals surface area contributed by atoms with Gasteiger partial charge >= 0.3 is 0 Å². The predicted octanol–water partition coefficient (Wildman–Crippen LogP) is 3.67. The number of thiocarbonyl (C=S) groups is 1. The van der Waals surface area contributed by atoms with E-state index in [9.17, 15) is 9.59 Å². The van der Waals surface area contributed by atoms with E-state index in [2.05, 4.69) is 38.8 Å². The molecule has 0 heterocycles. The van der Waals surface area contributed by atoms with Crippen molar-refractivity contribution in [2.75, 3.05) is 6.61 Å². The number of amides is 2. The Kier molecular flexibility index (Phi) is 7.75. The summed E-state index contributed by atoms with van der Waals surface area (Å²) in [6.07, 6.45) is 0. The molecule has 8 heteroatoms. The maximum atomic E-state index is 12.2. The molecule has 0 spiro atoms. The summed E-state index contributed by atoms with van der Waals surface area (Å²) in [5.41, 5.74) is 7.53. The smallest absolute Gasteiger partial charge is 0.276 e. The van der Waals surface area contributed by atoms with Crippen molar-refractivity contribution >= 4 is 51.7 Å². The predicted molar refractivity (Wildman–Crippen MR) is 128 cm³/mol. The number of ether oxygens (including phenoxy) is 1. The number of hydrogen-bond acceptors (Lipinski definition) is 4. The lowest BCUT2D eigenvalue weighted by atomic mass is 10.1. The van der Waals surface area contributed by atoms with Crippen LogP contribution in [0.1, 0.15) is 10.4 Å². The zero-order chi connectivity index (χ0) is 21.3. The lowest BCUT2D eigenvalue weighted by Crippen LogP contribution is -2.49. The van der Waals surface area contributed by atoms with E-state index < -0.39 is 5.91 Å². The van der Waals surface area contributed by atoms with E-state index in [1.54, 1.807) is 24.3 Å². The molecule has 0 unspecified atom stereocenters. The number of carbonyl (C=O) groups is 2. The Morgan fingerprint density at radius 2 is 1.47 bits per heavy atom. The Bertz CT molecular complexity index is 1040. The molecule has 3 N–H and O–H groups in total. The number of carbonyl (C=O) groups excluding carboxylic acids is 2. The van der Waals surface area contributed by atoms with Crippen LogP contribution in [0.2, 0.25) is 0 Å². The van der Waals surface area contributed by atoms with Gasteiger partial charge < -0.3 is 4.74 Å². The summed E-state index contributed by atoms with van der Waals surface area (Å²) in [5, 5.41) is 2.50. The lowest BCUT2D eigenvalue weighted by molar-refractivity contribution is -0.123. The van der Waals surface area contributed by atoms with Crippen molar-refractivity contribution in [3.8, 4) is 16.9 Å². The van der Waals surface area contributed by atoms with Crippen LogP contribution >= 0.6 is 34.8 Å². The molecule has 3 aromatic rings. The Labute approximate surface area is 193 Å². The van der Waals surface area contributed by atoms with E-state index in [0.717, 1.165) is 14.7 Å². The van der Waals surface area contributed by atoms with Crippen LogP contribution < -0.4 is 20.9 Å². The Balaban J connectivity index is 1.42. The first-order valence-corrected chi connectivity index (χ1v) is 10.4. The molecule has 0 radical (unpaired) electrons. The summed E-state index contributed by atoms with van der Waals surface area (Å²) in [5.74, 6) is -0.228. The molecule has 0 fully saturated rings. The van der Waals surface area contributed by atoms with Gasteiger partial charge in [0.1, 0.15) is 5.75 Å². The molecule has 3 aromatic carbocycles. The Morgan fingerprint density at radius 3 is 2.17 bits per heavy atom. The van der Waals surface area contributed by atoms with Gasteiger partial charge in [-0.2, -0.15) is 0 Å². The van der Waals surface area contributed by atoms with Crippen LogP contribution in [-0.4, -0.2) is 23.5 Å². The van der Waals surface area contributed by atoms with Gasteiger partial charge in [-0.05, 0) is 70.2 Å². The fraction of sp³-hybridized carbons (Fsp3) is 0.0455. The molecule has 0 aliphatic rings. The summed E-state index contributed by atoms with van der Waals surface area (Å²) < 4.78 is 6.27. The second-order valence-corrected chi connectivity index (χ2v) is 7.69. The molecule has 0 aromatic heterocycles. The topological polar surface area (TPSA) is 79.5 Å². The molecular weight excluding hydrogens is 513 g/mol. The number of hydrazine groups is 1. The van der Waals surface area contributed by atoms with Crippen LogP contribution in [0.25, 0.3) is 11.1 Å². The summed E-state index contributed by atoms with van der Waals surface area (Å²) in [7, 11) is 0. The number of nitrogens with one attached hydrogen (secondary N) is 3. The van der Waals surface area contributed by atoms with Crippen molar-refractivity contribution < 1.29 is 14.3 Å². The van der Waals surface area contributed by atoms with Crippen LogP contribution in [-0.2, 0) is 4.79 Å². The molecule has 30 heavy (non-hydrogen) atoms. The third kappa shape index (κ3) is 6.26. The number of hydrogen-bond donors (Lipinski definition) is 3. The van der Waals surface area contributed by atoms with Gasteiger partial charge in [-0.15, -0.1) is 0 Å². The Hall–Kier alpha value is -2.98. The molecule has 0 saturated carbocycles. The molecule has 2 amide bonds. The first kappa shape index (κ1) is 21.7. The minimum Gasteiger partial charge on any atom is -0.484 e. The zero-order valence-corrected chi connectivity index (χ0v) is 18.7. The normalized spacial score (nSPS) is 10.0. The van der Waals surface area contributed by atoms with Gasteiger partial charge in [-0.1, -0.05) is 54.6 Å². The highest BCUT2D eigenvalue weighted by molar-refractivity contribution is 14.1. The first-order valence-electron chi connectivity index (χ1n) is 8.96. The quantitative estimate of drug-likeness (QED) is 0.266. The fourth-order valence-corrected chi connectivity index (χ4v) is 3.31. The van der Waals surface area contributed by atoms with Crippen molar-refractivity contribution in [2.24, 2.45) is 0 Å². The average Bonchev–Trinajstić information content (AvgIpc) is 2.77. The summed E-state index contributed by atoms with van der Waals surface area (Å²) in [6, 6.07) is 24.5. The molecule has 152 valence electrons. The van der Waals surface area contributed by atoms with Crippen molar-refractivity contribution in [3.63, 3.8) is 0 Å². The summed E-state index contributed by atoms with van der Waals surface area (Å²) in [6.45, 7) is -0.204. The number of halogens is 1. The molecule has 0 aliphatic heterocycles. The molecular formula is C22H18IN3O3S. The van der Waals surface area contributed by atoms with Crippen LogP contribution in [0.15, 0.2) is 78.9 Å². The van der Waals surface area contributed by atoms with Gasteiger partial charge in [0.15, 0.2) is 11.7 Å². The fourth-order valence-electron chi connectivity index (χ4n) is 2.53. The van der Waals surface area contributed by atoms with E-state index >= 15 is 0 Å². The highest BCUT2D eigenvalue weighted by Crippen LogP contribution is 2.21. The SMILES string of the molecule is O=C(COc1ccc(-c2ccccc2)cc1)NNC(=S)NC(=O)c1ccccc1I. The highest BCUT2D eigenvalue weighted by Gasteiger charge is 2.11. The van der Waals surface area contributed by atoms with E-state index in [1.807, 2.05) is 54.6 Å². The average molecular weight is 531 g/mol. The first-order chi connectivity index (χ1) is 14.5. The van der Waals surface area contributed by atoms with Crippen molar-refractivity contribution in [1.29, 1.82) is 0 Å². The lowest BCUT2D eigenvalue weighted by Gasteiger charge is -2.12. The van der Waals surface area contributed by atoms with Gasteiger partial charge in [0, 0.05) is 3.57 Å². The van der Waals surface area contributed by atoms with Gasteiger partial charge in [-0.3, -0.25) is 25.8 Å². The molecule has 0 bridgehead atoms. The second-order valence-electron chi connectivity index (χ2n) is 6.12. The van der Waals surface area contributed by atoms with Gasteiger partial charge in [0.2, 0.25) is 0 Å². The van der Waals surface area contributed by atoms with E-state index in [4.69, 9.17) is 17.0 Å². The summed E-state index contributed by atoms with van der Waals surface area (Å²) in [4.78, 5) is 24.1. The zero-order valence-electron chi connectivity index (χ0n) is 15.7. The van der Waals surface area contributed by atoms with Crippen molar-refractivity contribution in [1.82, 2.24) is 16.2 Å². The van der Waals surface area contributed by atoms with Crippen LogP contribution in [0.4, 0.5) is 0 Å². The Morgan fingerprint density at radius 1 is 0.833 bits per heavy atom. The van der Waals surface area contributed by atoms with Crippen molar-refractivity contribution in [2.45, 2.75) is 0 Å². The van der Waals surface area contributed by atoms with Gasteiger partial charge in [0.25, 0.3) is 11.8 Å². The third-order valence-electron chi connectivity index (χ3n) is 3.99. The maximum Gasteiger partial charge on any atom is 0.276 e. The monoisotopic (exact) mass is 531 g/mol.